The second-order valence-electron chi connectivity index (χ2n) is 8.95. The highest BCUT2D eigenvalue weighted by Crippen LogP contribution is 2.26. The molecule has 4 rings (SSSR count). The van der Waals surface area contributed by atoms with Crippen LogP contribution in [0.3, 0.4) is 0 Å². The van der Waals surface area contributed by atoms with E-state index in [4.69, 9.17) is 4.74 Å². The third kappa shape index (κ3) is 4.62. The second-order valence-corrected chi connectivity index (χ2v) is 8.95. The van der Waals surface area contributed by atoms with Crippen LogP contribution in [0.25, 0.3) is 5.69 Å². The molecule has 0 unspecified atom stereocenters. The first kappa shape index (κ1) is 21.1. The lowest BCUT2D eigenvalue weighted by Crippen LogP contribution is -2.41. The van der Waals surface area contributed by atoms with Crippen LogP contribution in [0.1, 0.15) is 46.6 Å². The van der Waals surface area contributed by atoms with Crippen LogP contribution >= 0.6 is 0 Å². The van der Waals surface area contributed by atoms with Crippen LogP contribution in [0.15, 0.2) is 30.3 Å². The molecule has 0 radical (unpaired) electrons. The number of carbonyl (C=O) groups excluding carboxylic acids is 1. The van der Waals surface area contributed by atoms with Crippen molar-refractivity contribution in [2.24, 2.45) is 5.92 Å². The van der Waals surface area contributed by atoms with Gasteiger partial charge in [0.15, 0.2) is 0 Å². The Labute approximate surface area is 180 Å². The lowest BCUT2D eigenvalue weighted by atomic mass is 9.92. The van der Waals surface area contributed by atoms with Crippen LogP contribution in [0, 0.1) is 26.7 Å². The average molecular weight is 410 g/mol. The van der Waals surface area contributed by atoms with Crippen LogP contribution in [0.2, 0.25) is 0 Å². The highest BCUT2D eigenvalue weighted by Gasteiger charge is 2.26. The van der Waals surface area contributed by atoms with Gasteiger partial charge in [-0.15, -0.1) is 0 Å². The SMILES string of the molecule is Cc1ccc(-n2c(C)ccc2C)c(C(=O)N2CCC(CCN3CCOCC3)CC2)c1. The number of ether oxygens (including phenoxy) is 1. The van der Waals surface area contributed by atoms with Gasteiger partial charge in [-0.2, -0.15) is 0 Å². The number of benzene rings is 1. The Morgan fingerprint density at radius 1 is 0.967 bits per heavy atom. The molecule has 0 N–H and O–H groups in total. The smallest absolute Gasteiger partial charge is 0.255 e. The molecule has 162 valence electrons. The van der Waals surface area contributed by atoms with E-state index in [-0.39, 0.29) is 5.91 Å². The Morgan fingerprint density at radius 2 is 1.63 bits per heavy atom. The number of hydrogen-bond donors (Lipinski definition) is 0. The largest absolute Gasteiger partial charge is 0.379 e. The number of piperidine rings is 1. The number of nitrogens with zero attached hydrogens (tertiary/aromatic N) is 3. The first-order valence-corrected chi connectivity index (χ1v) is 11.4. The maximum Gasteiger partial charge on any atom is 0.255 e. The quantitative estimate of drug-likeness (QED) is 0.750. The van der Waals surface area contributed by atoms with Crippen molar-refractivity contribution in [3.05, 3.63) is 52.8 Å². The number of amides is 1. The fourth-order valence-electron chi connectivity index (χ4n) is 4.85. The average Bonchev–Trinajstić information content (AvgIpc) is 3.11. The lowest BCUT2D eigenvalue weighted by Gasteiger charge is -2.34. The molecule has 3 heterocycles. The first-order valence-electron chi connectivity index (χ1n) is 11.4. The van der Waals surface area contributed by atoms with Gasteiger partial charge in [0.2, 0.25) is 0 Å². The summed E-state index contributed by atoms with van der Waals surface area (Å²) in [4.78, 5) is 18.1. The van der Waals surface area contributed by atoms with Crippen molar-refractivity contribution in [1.29, 1.82) is 0 Å². The lowest BCUT2D eigenvalue weighted by molar-refractivity contribution is 0.0332. The molecule has 0 spiro atoms. The third-order valence-corrected chi connectivity index (χ3v) is 6.75. The minimum absolute atomic E-state index is 0.174. The van der Waals surface area contributed by atoms with Gasteiger partial charge < -0.3 is 14.2 Å². The number of hydrogen-bond acceptors (Lipinski definition) is 3. The Bertz CT molecular complexity index is 855. The van der Waals surface area contributed by atoms with Crippen molar-refractivity contribution in [2.75, 3.05) is 45.9 Å². The van der Waals surface area contributed by atoms with Gasteiger partial charge in [0.05, 0.1) is 24.5 Å². The Morgan fingerprint density at radius 3 is 2.30 bits per heavy atom. The Balaban J connectivity index is 1.41. The summed E-state index contributed by atoms with van der Waals surface area (Å²) < 4.78 is 7.64. The van der Waals surface area contributed by atoms with E-state index >= 15 is 0 Å². The van der Waals surface area contributed by atoms with Gasteiger partial charge in [0, 0.05) is 37.6 Å². The summed E-state index contributed by atoms with van der Waals surface area (Å²) in [5.41, 5.74) is 5.27. The van der Waals surface area contributed by atoms with E-state index in [1.165, 1.54) is 6.42 Å². The van der Waals surface area contributed by atoms with E-state index in [0.29, 0.717) is 0 Å². The molecule has 0 saturated carbocycles. The molecular formula is C25H35N3O2. The van der Waals surface area contributed by atoms with Crippen LogP contribution in [-0.2, 0) is 4.74 Å². The van der Waals surface area contributed by atoms with Crippen molar-refractivity contribution in [2.45, 2.75) is 40.0 Å². The highest BCUT2D eigenvalue weighted by atomic mass is 16.5. The third-order valence-electron chi connectivity index (χ3n) is 6.75. The van der Waals surface area contributed by atoms with Crippen molar-refractivity contribution < 1.29 is 9.53 Å². The van der Waals surface area contributed by atoms with Crippen molar-refractivity contribution in [3.8, 4) is 5.69 Å². The molecule has 1 aromatic heterocycles. The van der Waals surface area contributed by atoms with Crippen molar-refractivity contribution in [3.63, 3.8) is 0 Å². The normalized spacial score (nSPS) is 18.7. The molecule has 0 aliphatic carbocycles. The molecule has 2 saturated heterocycles. The number of aryl methyl sites for hydroxylation is 3. The van der Waals surface area contributed by atoms with E-state index < -0.39 is 0 Å². The van der Waals surface area contributed by atoms with Gasteiger partial charge in [0.25, 0.3) is 5.91 Å². The van der Waals surface area contributed by atoms with E-state index in [9.17, 15) is 4.79 Å². The van der Waals surface area contributed by atoms with Crippen LogP contribution in [-0.4, -0.2) is 66.2 Å². The highest BCUT2D eigenvalue weighted by molar-refractivity contribution is 5.98. The molecule has 2 aliphatic heterocycles. The first-order chi connectivity index (χ1) is 14.5. The molecule has 2 aliphatic rings. The van der Waals surface area contributed by atoms with Crippen LogP contribution < -0.4 is 0 Å². The molecular weight excluding hydrogens is 374 g/mol. The van der Waals surface area contributed by atoms with Crippen LogP contribution in [0.5, 0.6) is 0 Å². The van der Waals surface area contributed by atoms with Crippen LogP contribution in [0.4, 0.5) is 0 Å². The summed E-state index contributed by atoms with van der Waals surface area (Å²) in [6.07, 6.45) is 3.46. The van der Waals surface area contributed by atoms with Crippen molar-refractivity contribution >= 4 is 5.91 Å². The Kier molecular flexibility index (Phi) is 6.59. The molecule has 5 nitrogen and oxygen atoms in total. The number of rotatable bonds is 5. The maximum atomic E-state index is 13.5. The topological polar surface area (TPSA) is 37.7 Å². The summed E-state index contributed by atoms with van der Waals surface area (Å²) >= 11 is 0. The number of likely N-dealkylation sites (tertiary alicyclic amines) is 1. The monoisotopic (exact) mass is 409 g/mol. The van der Waals surface area contributed by atoms with Gasteiger partial charge in [-0.25, -0.2) is 0 Å². The van der Waals surface area contributed by atoms with Gasteiger partial charge in [0.1, 0.15) is 0 Å². The van der Waals surface area contributed by atoms with E-state index in [0.717, 1.165) is 92.9 Å². The predicted molar refractivity (Wildman–Crippen MR) is 120 cm³/mol. The molecule has 2 fully saturated rings. The fraction of sp³-hybridized carbons (Fsp3) is 0.560. The van der Waals surface area contributed by atoms with Gasteiger partial charge >= 0.3 is 0 Å². The van der Waals surface area contributed by atoms with E-state index in [2.05, 4.69) is 65.5 Å². The molecule has 30 heavy (non-hydrogen) atoms. The standard InChI is InChI=1S/C25H35N3O2/c1-19-4-7-24(28-20(2)5-6-21(28)3)23(18-19)25(29)27-12-9-22(10-13-27)8-11-26-14-16-30-17-15-26/h4-7,18,22H,8-17H2,1-3H3. The number of morpholine rings is 1. The zero-order valence-electron chi connectivity index (χ0n) is 18.7. The minimum atomic E-state index is 0.174. The number of carbonyl (C=O) groups is 1. The Hall–Kier alpha value is -2.11. The summed E-state index contributed by atoms with van der Waals surface area (Å²) in [7, 11) is 0. The molecule has 1 aromatic carbocycles. The molecule has 2 aromatic rings. The zero-order valence-corrected chi connectivity index (χ0v) is 18.7. The summed E-state index contributed by atoms with van der Waals surface area (Å²) in [5.74, 6) is 0.899. The minimum Gasteiger partial charge on any atom is -0.379 e. The molecule has 0 bridgehead atoms. The summed E-state index contributed by atoms with van der Waals surface area (Å²) in [5, 5.41) is 0. The van der Waals surface area contributed by atoms with E-state index in [1.807, 2.05) is 0 Å². The van der Waals surface area contributed by atoms with Crippen molar-refractivity contribution in [1.82, 2.24) is 14.4 Å². The second kappa shape index (κ2) is 9.36. The predicted octanol–water partition coefficient (Wildman–Crippen LogP) is 3.98. The van der Waals surface area contributed by atoms with Gasteiger partial charge in [-0.05, 0) is 76.8 Å². The summed E-state index contributed by atoms with van der Waals surface area (Å²) in [6, 6.07) is 10.5. The molecule has 0 atom stereocenters. The van der Waals surface area contributed by atoms with E-state index in [1.54, 1.807) is 0 Å². The van der Waals surface area contributed by atoms with Gasteiger partial charge in [-0.3, -0.25) is 9.69 Å². The maximum absolute atomic E-state index is 13.5. The summed E-state index contributed by atoms with van der Waals surface area (Å²) in [6.45, 7) is 13.0. The zero-order chi connectivity index (χ0) is 21.1. The fourth-order valence-corrected chi connectivity index (χ4v) is 4.85. The molecule has 1 amide bonds. The number of aromatic nitrogens is 1. The molecule has 5 heteroatoms. The van der Waals surface area contributed by atoms with Gasteiger partial charge in [-0.1, -0.05) is 11.6 Å².